The summed E-state index contributed by atoms with van der Waals surface area (Å²) in [5.41, 5.74) is 3.57. The number of rotatable bonds is 5. The second kappa shape index (κ2) is 5.65. The van der Waals surface area contributed by atoms with E-state index in [0.717, 1.165) is 5.56 Å². The summed E-state index contributed by atoms with van der Waals surface area (Å²) >= 11 is 0. The van der Waals surface area contributed by atoms with Crippen LogP contribution in [-0.4, -0.2) is 34.7 Å². The Morgan fingerprint density at radius 2 is 2.40 bits per heavy atom. The van der Waals surface area contributed by atoms with Crippen LogP contribution in [0.5, 0.6) is 0 Å². The average Bonchev–Trinajstić information content (AvgIpc) is 2.28. The van der Waals surface area contributed by atoms with E-state index in [1.165, 1.54) is 0 Å². The summed E-state index contributed by atoms with van der Waals surface area (Å²) in [6.45, 7) is 2.81. The Morgan fingerprint density at radius 1 is 1.67 bits per heavy atom. The van der Waals surface area contributed by atoms with Gasteiger partial charge in [-0.25, -0.2) is 10.8 Å². The highest BCUT2D eigenvalue weighted by Gasteiger charge is 2.10. The van der Waals surface area contributed by atoms with E-state index in [9.17, 15) is 0 Å². The summed E-state index contributed by atoms with van der Waals surface area (Å²) in [7, 11) is 1.95. The number of nitrogens with zero attached hydrogens (tertiary/aromatic N) is 2. The highest BCUT2D eigenvalue weighted by atomic mass is 16.3. The van der Waals surface area contributed by atoms with Crippen LogP contribution in [0, 0.1) is 0 Å². The molecule has 0 aliphatic heterocycles. The third kappa shape index (κ3) is 3.16. The number of aliphatic hydroxyl groups excluding tert-OH is 1. The van der Waals surface area contributed by atoms with E-state index >= 15 is 0 Å². The van der Waals surface area contributed by atoms with Crippen molar-refractivity contribution in [3.8, 4) is 0 Å². The minimum absolute atomic E-state index is 0.121. The average molecular weight is 210 g/mol. The second-order valence-corrected chi connectivity index (χ2v) is 3.60. The molecule has 5 nitrogen and oxygen atoms in total. The van der Waals surface area contributed by atoms with Crippen LogP contribution in [-0.2, 0) is 6.54 Å². The van der Waals surface area contributed by atoms with E-state index in [1.54, 1.807) is 6.20 Å². The van der Waals surface area contributed by atoms with Crippen molar-refractivity contribution in [3.63, 3.8) is 0 Å². The maximum Gasteiger partial charge on any atom is 0.144 e. The molecule has 0 aromatic carbocycles. The van der Waals surface area contributed by atoms with Crippen LogP contribution in [0.25, 0.3) is 0 Å². The van der Waals surface area contributed by atoms with Crippen molar-refractivity contribution in [3.05, 3.63) is 23.9 Å². The Balaban J connectivity index is 2.71. The Hall–Kier alpha value is -1.17. The monoisotopic (exact) mass is 210 g/mol. The van der Waals surface area contributed by atoms with E-state index in [-0.39, 0.29) is 12.6 Å². The maximum absolute atomic E-state index is 9.01. The quantitative estimate of drug-likeness (QED) is 0.477. The van der Waals surface area contributed by atoms with Gasteiger partial charge >= 0.3 is 0 Å². The van der Waals surface area contributed by atoms with Crippen LogP contribution >= 0.6 is 0 Å². The van der Waals surface area contributed by atoms with Gasteiger partial charge in [-0.2, -0.15) is 0 Å². The Morgan fingerprint density at radius 3 is 3.00 bits per heavy atom. The lowest BCUT2D eigenvalue weighted by Gasteiger charge is -2.23. The first-order valence-electron chi connectivity index (χ1n) is 4.90. The van der Waals surface area contributed by atoms with Gasteiger partial charge in [0.25, 0.3) is 0 Å². The van der Waals surface area contributed by atoms with Gasteiger partial charge in [0.1, 0.15) is 5.82 Å². The molecule has 0 aliphatic carbocycles. The van der Waals surface area contributed by atoms with Gasteiger partial charge in [-0.1, -0.05) is 6.07 Å². The molecule has 1 heterocycles. The van der Waals surface area contributed by atoms with Gasteiger partial charge in [-0.15, -0.1) is 0 Å². The van der Waals surface area contributed by atoms with Gasteiger partial charge in [0.05, 0.1) is 6.61 Å². The number of pyridine rings is 1. The number of hydrazine groups is 1. The van der Waals surface area contributed by atoms with Crippen LogP contribution < -0.4 is 11.3 Å². The molecule has 0 saturated carbocycles. The zero-order valence-electron chi connectivity index (χ0n) is 9.14. The van der Waals surface area contributed by atoms with E-state index in [2.05, 4.69) is 10.4 Å². The fourth-order valence-corrected chi connectivity index (χ4v) is 1.26. The molecular formula is C10H18N4O. The first-order valence-corrected chi connectivity index (χ1v) is 4.90. The first-order chi connectivity index (χ1) is 7.19. The van der Waals surface area contributed by atoms with Gasteiger partial charge < -0.3 is 10.5 Å². The van der Waals surface area contributed by atoms with Crippen LogP contribution in [0.4, 0.5) is 5.82 Å². The minimum atomic E-state index is 0.121. The fourth-order valence-electron chi connectivity index (χ4n) is 1.26. The van der Waals surface area contributed by atoms with E-state index in [4.69, 9.17) is 10.9 Å². The molecule has 0 spiro atoms. The van der Waals surface area contributed by atoms with Crippen LogP contribution in [0.1, 0.15) is 12.5 Å². The molecule has 0 bridgehead atoms. The van der Waals surface area contributed by atoms with Crippen molar-refractivity contribution in [1.29, 1.82) is 0 Å². The molecule has 1 aromatic heterocycles. The molecule has 84 valence electrons. The summed E-state index contributed by atoms with van der Waals surface area (Å²) in [5.74, 6) is 6.03. The van der Waals surface area contributed by atoms with Crippen LogP contribution in [0.3, 0.4) is 0 Å². The van der Waals surface area contributed by atoms with E-state index in [1.807, 2.05) is 31.0 Å². The van der Waals surface area contributed by atoms with Gasteiger partial charge in [-0.3, -0.25) is 4.90 Å². The third-order valence-electron chi connectivity index (χ3n) is 2.46. The highest BCUT2D eigenvalue weighted by molar-refractivity contribution is 5.42. The van der Waals surface area contributed by atoms with Gasteiger partial charge in [0.15, 0.2) is 0 Å². The first kappa shape index (κ1) is 11.9. The smallest absolute Gasteiger partial charge is 0.144 e. The number of anilines is 1. The maximum atomic E-state index is 9.01. The Labute approximate surface area is 89.9 Å². The summed E-state index contributed by atoms with van der Waals surface area (Å²) in [6.07, 6.45) is 1.69. The van der Waals surface area contributed by atoms with Crippen molar-refractivity contribution in [1.82, 2.24) is 9.88 Å². The number of likely N-dealkylation sites (N-methyl/N-ethyl adjacent to an activating group) is 1. The molecule has 1 atom stereocenters. The summed E-state index contributed by atoms with van der Waals surface area (Å²) in [6, 6.07) is 3.95. The fraction of sp³-hybridized carbons (Fsp3) is 0.500. The molecule has 1 aromatic rings. The van der Waals surface area contributed by atoms with E-state index < -0.39 is 0 Å². The summed E-state index contributed by atoms with van der Waals surface area (Å²) < 4.78 is 0. The number of nitrogen functional groups attached to an aromatic ring is 1. The van der Waals surface area contributed by atoms with Crippen LogP contribution in [0.15, 0.2) is 18.3 Å². The molecular weight excluding hydrogens is 192 g/mol. The molecule has 4 N–H and O–H groups in total. The number of hydrogen-bond acceptors (Lipinski definition) is 5. The molecule has 0 aliphatic rings. The Bertz CT molecular complexity index is 305. The molecule has 1 unspecified atom stereocenters. The largest absolute Gasteiger partial charge is 0.395 e. The van der Waals surface area contributed by atoms with Crippen LogP contribution in [0.2, 0.25) is 0 Å². The van der Waals surface area contributed by atoms with Crippen molar-refractivity contribution in [2.24, 2.45) is 5.84 Å². The van der Waals surface area contributed by atoms with Gasteiger partial charge in [0, 0.05) is 24.3 Å². The zero-order chi connectivity index (χ0) is 11.3. The van der Waals surface area contributed by atoms with Crippen molar-refractivity contribution < 1.29 is 5.11 Å². The van der Waals surface area contributed by atoms with Gasteiger partial charge in [0.2, 0.25) is 0 Å². The summed E-state index contributed by atoms with van der Waals surface area (Å²) in [4.78, 5) is 6.15. The topological polar surface area (TPSA) is 74.4 Å². The molecule has 0 saturated heterocycles. The predicted octanol–water partition coefficient (Wildman–Crippen LogP) is 0.180. The lowest BCUT2D eigenvalue weighted by Crippen LogP contribution is -2.31. The lowest BCUT2D eigenvalue weighted by atomic mass is 10.2. The zero-order valence-corrected chi connectivity index (χ0v) is 9.14. The molecule has 0 radical (unpaired) electrons. The highest BCUT2D eigenvalue weighted by Crippen LogP contribution is 2.13. The SMILES string of the molecule is CC(CO)N(C)Cc1cccnc1NN. The van der Waals surface area contributed by atoms with Crippen molar-refractivity contribution in [2.75, 3.05) is 19.1 Å². The van der Waals surface area contributed by atoms with Crippen molar-refractivity contribution >= 4 is 5.82 Å². The third-order valence-corrected chi connectivity index (χ3v) is 2.46. The number of aliphatic hydroxyl groups is 1. The minimum Gasteiger partial charge on any atom is -0.395 e. The second-order valence-electron chi connectivity index (χ2n) is 3.60. The molecule has 0 fully saturated rings. The standard InChI is InChI=1S/C10H18N4O/c1-8(7-15)14(2)6-9-4-3-5-12-10(9)13-11/h3-5,8,15H,6-7,11H2,1-2H3,(H,12,13). The number of nitrogens with one attached hydrogen (secondary N) is 1. The lowest BCUT2D eigenvalue weighted by molar-refractivity contribution is 0.154. The molecule has 15 heavy (non-hydrogen) atoms. The summed E-state index contributed by atoms with van der Waals surface area (Å²) in [5, 5.41) is 9.01. The number of nitrogens with two attached hydrogens (primary N) is 1. The Kier molecular flexibility index (Phi) is 4.48. The van der Waals surface area contributed by atoms with Gasteiger partial charge in [-0.05, 0) is 20.0 Å². The predicted molar refractivity (Wildman–Crippen MR) is 60.1 cm³/mol. The molecule has 0 amide bonds. The number of aromatic nitrogens is 1. The number of hydrogen-bond donors (Lipinski definition) is 3. The normalized spacial score (nSPS) is 12.9. The molecule has 5 heteroatoms. The van der Waals surface area contributed by atoms with Crippen molar-refractivity contribution in [2.45, 2.75) is 19.5 Å². The molecule has 1 rings (SSSR count). The van der Waals surface area contributed by atoms with E-state index in [0.29, 0.717) is 12.4 Å².